The van der Waals surface area contributed by atoms with Gasteiger partial charge in [0, 0.05) is 5.69 Å². The molecule has 0 saturated carbocycles. The number of rotatable bonds is 3. The van der Waals surface area contributed by atoms with Crippen LogP contribution in [0, 0.1) is 0 Å². The summed E-state index contributed by atoms with van der Waals surface area (Å²) in [6, 6.07) is 4.46. The fraction of sp³-hybridized carbons (Fsp3) is 0.100. The maximum atomic E-state index is 11.5. The van der Waals surface area contributed by atoms with E-state index >= 15 is 0 Å². The van der Waals surface area contributed by atoms with E-state index in [2.05, 4.69) is 25.8 Å². The first-order valence-corrected chi connectivity index (χ1v) is 5.75. The third kappa shape index (κ3) is 3.35. The largest absolute Gasteiger partial charge is 0.331 e. The fourth-order valence-electron chi connectivity index (χ4n) is 1.23. The Labute approximate surface area is 113 Å². The molecule has 8 heteroatoms. The Morgan fingerprint density at radius 2 is 2.17 bits per heavy atom. The van der Waals surface area contributed by atoms with E-state index in [0.717, 1.165) is 0 Å². The van der Waals surface area contributed by atoms with Gasteiger partial charge in [0.1, 0.15) is 12.2 Å². The van der Waals surface area contributed by atoms with Gasteiger partial charge in [-0.25, -0.2) is 9.78 Å². The van der Waals surface area contributed by atoms with E-state index in [1.165, 1.54) is 6.33 Å². The number of carbonyl (C=O) groups is 1. The van der Waals surface area contributed by atoms with Crippen LogP contribution in [0.3, 0.4) is 0 Å². The van der Waals surface area contributed by atoms with Crippen LogP contribution in [0.25, 0.3) is 0 Å². The van der Waals surface area contributed by atoms with Gasteiger partial charge in [0.15, 0.2) is 0 Å². The summed E-state index contributed by atoms with van der Waals surface area (Å²) in [4.78, 5) is 15.4. The van der Waals surface area contributed by atoms with E-state index < -0.39 is 0 Å². The Bertz CT molecular complexity index is 543. The van der Waals surface area contributed by atoms with E-state index in [0.29, 0.717) is 21.6 Å². The van der Waals surface area contributed by atoms with Crippen molar-refractivity contribution in [1.82, 2.24) is 20.5 Å². The van der Waals surface area contributed by atoms with Crippen molar-refractivity contribution in [3.63, 3.8) is 0 Å². The summed E-state index contributed by atoms with van der Waals surface area (Å²) >= 11 is 11.6. The lowest BCUT2D eigenvalue weighted by Gasteiger charge is -2.07. The van der Waals surface area contributed by atoms with Gasteiger partial charge in [-0.3, -0.25) is 5.10 Å². The van der Waals surface area contributed by atoms with Gasteiger partial charge in [0.2, 0.25) is 0 Å². The highest BCUT2D eigenvalue weighted by molar-refractivity contribution is 6.42. The maximum Gasteiger partial charge on any atom is 0.319 e. The zero-order chi connectivity index (χ0) is 13.0. The summed E-state index contributed by atoms with van der Waals surface area (Å²) < 4.78 is 0. The lowest BCUT2D eigenvalue weighted by molar-refractivity contribution is 0.251. The Balaban J connectivity index is 1.88. The fourth-order valence-corrected chi connectivity index (χ4v) is 1.53. The van der Waals surface area contributed by atoms with Crippen molar-refractivity contribution in [3.8, 4) is 0 Å². The second-order valence-corrected chi connectivity index (χ2v) is 4.18. The molecule has 1 aromatic heterocycles. The Morgan fingerprint density at radius 1 is 1.33 bits per heavy atom. The van der Waals surface area contributed by atoms with Gasteiger partial charge < -0.3 is 10.6 Å². The van der Waals surface area contributed by atoms with Gasteiger partial charge in [-0.1, -0.05) is 23.2 Å². The highest BCUT2D eigenvalue weighted by Crippen LogP contribution is 2.24. The van der Waals surface area contributed by atoms with Crippen molar-refractivity contribution in [2.24, 2.45) is 0 Å². The molecule has 0 unspecified atom stereocenters. The summed E-state index contributed by atoms with van der Waals surface area (Å²) in [5.41, 5.74) is 0.555. The summed E-state index contributed by atoms with van der Waals surface area (Å²) in [6.07, 6.45) is 1.37. The van der Waals surface area contributed by atoms with Crippen LogP contribution in [0.1, 0.15) is 5.82 Å². The van der Waals surface area contributed by atoms with Crippen LogP contribution >= 0.6 is 23.2 Å². The molecule has 6 nitrogen and oxygen atoms in total. The number of H-pyrrole nitrogens is 1. The molecule has 0 bridgehead atoms. The van der Waals surface area contributed by atoms with Crippen molar-refractivity contribution in [2.45, 2.75) is 6.54 Å². The molecule has 2 rings (SSSR count). The molecule has 0 atom stereocenters. The lowest BCUT2D eigenvalue weighted by atomic mass is 10.3. The summed E-state index contributed by atoms with van der Waals surface area (Å²) in [5.74, 6) is 0.569. The van der Waals surface area contributed by atoms with Crippen LogP contribution in [0.2, 0.25) is 10.0 Å². The molecular weight excluding hydrogens is 277 g/mol. The van der Waals surface area contributed by atoms with Crippen molar-refractivity contribution in [2.75, 3.05) is 5.32 Å². The molecule has 0 radical (unpaired) electrons. The van der Waals surface area contributed by atoms with E-state index in [9.17, 15) is 4.79 Å². The number of urea groups is 1. The number of aromatic amines is 1. The van der Waals surface area contributed by atoms with E-state index in [-0.39, 0.29) is 12.6 Å². The first-order chi connectivity index (χ1) is 8.65. The molecule has 1 heterocycles. The molecule has 0 aliphatic carbocycles. The van der Waals surface area contributed by atoms with Gasteiger partial charge in [-0.15, -0.1) is 0 Å². The zero-order valence-corrected chi connectivity index (χ0v) is 10.6. The van der Waals surface area contributed by atoms with Gasteiger partial charge in [0.05, 0.1) is 16.6 Å². The minimum absolute atomic E-state index is 0.257. The van der Waals surface area contributed by atoms with Crippen LogP contribution < -0.4 is 10.6 Å². The van der Waals surface area contributed by atoms with Gasteiger partial charge in [0.25, 0.3) is 0 Å². The number of anilines is 1. The van der Waals surface area contributed by atoms with E-state index in [1.54, 1.807) is 18.2 Å². The van der Waals surface area contributed by atoms with Crippen molar-refractivity contribution in [3.05, 3.63) is 40.4 Å². The maximum absolute atomic E-state index is 11.5. The van der Waals surface area contributed by atoms with Crippen LogP contribution in [-0.2, 0) is 6.54 Å². The van der Waals surface area contributed by atoms with Crippen LogP contribution in [-0.4, -0.2) is 21.2 Å². The second-order valence-electron chi connectivity index (χ2n) is 3.37. The van der Waals surface area contributed by atoms with E-state index in [4.69, 9.17) is 23.2 Å². The van der Waals surface area contributed by atoms with Crippen molar-refractivity contribution >= 4 is 34.9 Å². The minimum Gasteiger partial charge on any atom is -0.331 e. The van der Waals surface area contributed by atoms with E-state index in [1.807, 2.05) is 0 Å². The third-order valence-electron chi connectivity index (χ3n) is 2.06. The molecule has 18 heavy (non-hydrogen) atoms. The molecule has 0 saturated heterocycles. The number of nitrogens with zero attached hydrogens (tertiary/aromatic N) is 2. The second kappa shape index (κ2) is 5.70. The highest BCUT2D eigenvalue weighted by atomic mass is 35.5. The number of halogens is 2. The number of hydrogen-bond donors (Lipinski definition) is 3. The Morgan fingerprint density at radius 3 is 2.83 bits per heavy atom. The van der Waals surface area contributed by atoms with Gasteiger partial charge in [-0.2, -0.15) is 5.10 Å². The Hall–Kier alpha value is -1.79. The summed E-state index contributed by atoms with van der Waals surface area (Å²) in [6.45, 7) is 0.257. The highest BCUT2D eigenvalue weighted by Gasteiger charge is 2.04. The molecule has 0 aliphatic heterocycles. The average Bonchev–Trinajstić information content (AvgIpc) is 2.84. The topological polar surface area (TPSA) is 82.7 Å². The predicted molar refractivity (Wildman–Crippen MR) is 68.7 cm³/mol. The summed E-state index contributed by atoms with van der Waals surface area (Å²) in [7, 11) is 0. The Kier molecular flexibility index (Phi) is 4.01. The number of nitrogens with one attached hydrogen (secondary N) is 3. The normalized spacial score (nSPS) is 10.1. The molecule has 2 aromatic rings. The molecule has 1 aromatic carbocycles. The number of carbonyl (C=O) groups excluding carboxylic acids is 1. The van der Waals surface area contributed by atoms with Crippen LogP contribution in [0.15, 0.2) is 24.5 Å². The third-order valence-corrected chi connectivity index (χ3v) is 2.80. The number of benzene rings is 1. The number of amides is 2. The summed E-state index contributed by atoms with van der Waals surface area (Å²) in [5, 5.41) is 12.3. The first kappa shape index (κ1) is 12.7. The van der Waals surface area contributed by atoms with Gasteiger partial charge in [-0.05, 0) is 18.2 Å². The molecule has 3 N–H and O–H groups in total. The molecular formula is C10H9Cl2N5O. The molecule has 0 fully saturated rings. The van der Waals surface area contributed by atoms with Crippen molar-refractivity contribution < 1.29 is 4.79 Å². The SMILES string of the molecule is O=C(NCc1ncn[nH]1)Nc1ccc(Cl)c(Cl)c1. The van der Waals surface area contributed by atoms with Crippen LogP contribution in [0.5, 0.6) is 0 Å². The number of hydrogen-bond acceptors (Lipinski definition) is 3. The predicted octanol–water partition coefficient (Wildman–Crippen LogP) is 2.43. The quantitative estimate of drug-likeness (QED) is 0.810. The average molecular weight is 286 g/mol. The van der Waals surface area contributed by atoms with Gasteiger partial charge >= 0.3 is 6.03 Å². The van der Waals surface area contributed by atoms with Crippen molar-refractivity contribution in [1.29, 1.82) is 0 Å². The standard InChI is InChI=1S/C10H9Cl2N5O/c11-7-2-1-6(3-8(7)12)16-10(18)13-4-9-14-5-15-17-9/h1-3,5H,4H2,(H2,13,16,18)(H,14,15,17). The first-order valence-electron chi connectivity index (χ1n) is 4.99. The number of aromatic nitrogens is 3. The molecule has 0 spiro atoms. The molecule has 94 valence electrons. The molecule has 0 aliphatic rings. The van der Waals surface area contributed by atoms with Crippen LogP contribution in [0.4, 0.5) is 10.5 Å². The minimum atomic E-state index is -0.371. The smallest absolute Gasteiger partial charge is 0.319 e. The molecule has 2 amide bonds. The monoisotopic (exact) mass is 285 g/mol. The zero-order valence-electron chi connectivity index (χ0n) is 9.08. The lowest BCUT2D eigenvalue weighted by Crippen LogP contribution is -2.28.